The first-order chi connectivity index (χ1) is 12.2. The highest BCUT2D eigenvalue weighted by Gasteiger charge is 2.17. The van der Waals surface area contributed by atoms with E-state index in [1.165, 1.54) is 0 Å². The number of ether oxygens (including phenoxy) is 3. The highest BCUT2D eigenvalue weighted by atomic mass is 16.5. The SMILES string of the molecule is CCOCCC(=O)NC(c1ccc(OC)cc1)c1ccc(OC)cc1. The minimum Gasteiger partial charge on any atom is -0.497 e. The van der Waals surface area contributed by atoms with Crippen molar-refractivity contribution in [2.24, 2.45) is 0 Å². The van der Waals surface area contributed by atoms with Crippen LogP contribution >= 0.6 is 0 Å². The molecule has 134 valence electrons. The molecule has 0 fully saturated rings. The Morgan fingerprint density at radius 1 is 0.920 bits per heavy atom. The third kappa shape index (κ3) is 5.50. The number of nitrogens with one attached hydrogen (secondary N) is 1. The largest absolute Gasteiger partial charge is 0.497 e. The Morgan fingerprint density at radius 3 is 1.80 bits per heavy atom. The Bertz CT molecular complexity index is 605. The first kappa shape index (κ1) is 18.8. The van der Waals surface area contributed by atoms with Crippen LogP contribution in [0.2, 0.25) is 0 Å². The monoisotopic (exact) mass is 343 g/mol. The number of amides is 1. The van der Waals surface area contributed by atoms with Gasteiger partial charge in [0, 0.05) is 13.0 Å². The molecule has 0 saturated carbocycles. The van der Waals surface area contributed by atoms with E-state index in [0.29, 0.717) is 19.6 Å². The van der Waals surface area contributed by atoms with E-state index in [1.807, 2.05) is 55.5 Å². The molecule has 5 nitrogen and oxygen atoms in total. The van der Waals surface area contributed by atoms with Crippen molar-refractivity contribution >= 4 is 5.91 Å². The van der Waals surface area contributed by atoms with Gasteiger partial charge in [-0.1, -0.05) is 24.3 Å². The van der Waals surface area contributed by atoms with Crippen LogP contribution in [0.1, 0.15) is 30.5 Å². The highest BCUT2D eigenvalue weighted by Crippen LogP contribution is 2.26. The summed E-state index contributed by atoms with van der Waals surface area (Å²) in [7, 11) is 3.26. The Kier molecular flexibility index (Phi) is 7.29. The van der Waals surface area contributed by atoms with Crippen LogP contribution in [0.4, 0.5) is 0 Å². The highest BCUT2D eigenvalue weighted by molar-refractivity contribution is 5.77. The minimum atomic E-state index is -0.245. The number of carbonyl (C=O) groups is 1. The van der Waals surface area contributed by atoms with Gasteiger partial charge in [0.05, 0.1) is 26.9 Å². The molecular weight excluding hydrogens is 318 g/mol. The van der Waals surface area contributed by atoms with Crippen LogP contribution in [0.3, 0.4) is 0 Å². The molecule has 1 amide bonds. The normalized spacial score (nSPS) is 10.6. The molecule has 5 heteroatoms. The average molecular weight is 343 g/mol. The molecular formula is C20H25NO4. The summed E-state index contributed by atoms with van der Waals surface area (Å²) in [5, 5.41) is 3.08. The zero-order valence-corrected chi connectivity index (χ0v) is 15.0. The molecule has 25 heavy (non-hydrogen) atoms. The summed E-state index contributed by atoms with van der Waals surface area (Å²) in [5.41, 5.74) is 1.96. The lowest BCUT2D eigenvalue weighted by molar-refractivity contribution is -0.122. The summed E-state index contributed by atoms with van der Waals surface area (Å²) in [4.78, 5) is 12.3. The van der Waals surface area contributed by atoms with Crippen LogP contribution in [0, 0.1) is 0 Å². The van der Waals surface area contributed by atoms with Gasteiger partial charge in [0.1, 0.15) is 11.5 Å². The molecule has 0 unspecified atom stereocenters. The number of benzene rings is 2. The number of hydrogen-bond acceptors (Lipinski definition) is 4. The second-order valence-electron chi connectivity index (χ2n) is 5.49. The molecule has 0 atom stereocenters. The Morgan fingerprint density at radius 2 is 1.40 bits per heavy atom. The second-order valence-corrected chi connectivity index (χ2v) is 5.49. The van der Waals surface area contributed by atoms with Crippen LogP contribution in [0.5, 0.6) is 11.5 Å². The molecule has 0 aliphatic carbocycles. The average Bonchev–Trinajstić information content (AvgIpc) is 2.66. The van der Waals surface area contributed by atoms with Crippen molar-refractivity contribution in [1.29, 1.82) is 0 Å². The van der Waals surface area contributed by atoms with Crippen molar-refractivity contribution in [3.8, 4) is 11.5 Å². The summed E-state index contributed by atoms with van der Waals surface area (Å²) in [5.74, 6) is 1.50. The molecule has 2 rings (SSSR count). The molecule has 2 aromatic carbocycles. The lowest BCUT2D eigenvalue weighted by atomic mass is 9.98. The molecule has 1 N–H and O–H groups in total. The van der Waals surface area contributed by atoms with E-state index in [1.54, 1.807) is 14.2 Å². The number of rotatable bonds is 9. The maximum Gasteiger partial charge on any atom is 0.223 e. The van der Waals surface area contributed by atoms with E-state index in [9.17, 15) is 4.79 Å². The number of carbonyl (C=O) groups excluding carboxylic acids is 1. The third-order valence-corrected chi connectivity index (χ3v) is 3.88. The van der Waals surface area contributed by atoms with Gasteiger partial charge in [0.25, 0.3) is 0 Å². The number of methoxy groups -OCH3 is 2. The lowest BCUT2D eigenvalue weighted by Crippen LogP contribution is -2.30. The van der Waals surface area contributed by atoms with E-state index in [0.717, 1.165) is 22.6 Å². The molecule has 0 aliphatic heterocycles. The topological polar surface area (TPSA) is 56.8 Å². The molecule has 0 saturated heterocycles. The molecule has 0 bridgehead atoms. The van der Waals surface area contributed by atoms with Crippen LogP contribution in [-0.2, 0) is 9.53 Å². The summed E-state index contributed by atoms with van der Waals surface area (Å²) < 4.78 is 15.7. The summed E-state index contributed by atoms with van der Waals surface area (Å²) in [6, 6.07) is 15.1. The molecule has 0 heterocycles. The zero-order chi connectivity index (χ0) is 18.1. The van der Waals surface area contributed by atoms with Gasteiger partial charge in [0.15, 0.2) is 0 Å². The summed E-state index contributed by atoms with van der Waals surface area (Å²) in [6.07, 6.45) is 0.330. The van der Waals surface area contributed by atoms with Crippen molar-refractivity contribution in [2.45, 2.75) is 19.4 Å². The van der Waals surface area contributed by atoms with Crippen LogP contribution < -0.4 is 14.8 Å². The predicted molar refractivity (Wildman–Crippen MR) is 97.1 cm³/mol. The standard InChI is InChI=1S/C20H25NO4/c1-4-25-14-13-19(22)21-20(15-5-9-17(23-2)10-6-15)16-7-11-18(24-3)12-8-16/h5-12,20H,4,13-14H2,1-3H3,(H,21,22). The number of hydrogen-bond donors (Lipinski definition) is 1. The van der Waals surface area contributed by atoms with Crippen molar-refractivity contribution in [2.75, 3.05) is 27.4 Å². The van der Waals surface area contributed by atoms with E-state index in [2.05, 4.69) is 5.32 Å². The van der Waals surface area contributed by atoms with Crippen LogP contribution in [-0.4, -0.2) is 33.3 Å². The van der Waals surface area contributed by atoms with Gasteiger partial charge in [-0.2, -0.15) is 0 Å². The first-order valence-corrected chi connectivity index (χ1v) is 8.33. The van der Waals surface area contributed by atoms with Crippen LogP contribution in [0.15, 0.2) is 48.5 Å². The zero-order valence-electron chi connectivity index (χ0n) is 15.0. The van der Waals surface area contributed by atoms with Gasteiger partial charge in [-0.3, -0.25) is 4.79 Å². The smallest absolute Gasteiger partial charge is 0.223 e. The van der Waals surface area contributed by atoms with E-state index >= 15 is 0 Å². The van der Waals surface area contributed by atoms with Gasteiger partial charge < -0.3 is 19.5 Å². The van der Waals surface area contributed by atoms with Crippen molar-refractivity contribution in [3.05, 3.63) is 59.7 Å². The maximum absolute atomic E-state index is 12.3. The second kappa shape index (κ2) is 9.69. The lowest BCUT2D eigenvalue weighted by Gasteiger charge is -2.20. The van der Waals surface area contributed by atoms with Crippen molar-refractivity contribution in [3.63, 3.8) is 0 Å². The molecule has 0 aliphatic rings. The molecule has 2 aromatic rings. The Hall–Kier alpha value is -2.53. The van der Waals surface area contributed by atoms with Gasteiger partial charge in [-0.15, -0.1) is 0 Å². The van der Waals surface area contributed by atoms with E-state index in [-0.39, 0.29) is 11.9 Å². The fourth-order valence-electron chi connectivity index (χ4n) is 2.49. The molecule has 0 aromatic heterocycles. The van der Waals surface area contributed by atoms with Gasteiger partial charge >= 0.3 is 0 Å². The van der Waals surface area contributed by atoms with Gasteiger partial charge in [0.2, 0.25) is 5.91 Å². The fourth-order valence-corrected chi connectivity index (χ4v) is 2.49. The Labute approximate surface area is 148 Å². The first-order valence-electron chi connectivity index (χ1n) is 8.33. The minimum absolute atomic E-state index is 0.0508. The van der Waals surface area contributed by atoms with E-state index < -0.39 is 0 Å². The molecule has 0 spiro atoms. The summed E-state index contributed by atoms with van der Waals surface area (Å²) >= 11 is 0. The van der Waals surface area contributed by atoms with Gasteiger partial charge in [-0.25, -0.2) is 0 Å². The maximum atomic E-state index is 12.3. The quantitative estimate of drug-likeness (QED) is 0.710. The predicted octanol–water partition coefficient (Wildman–Crippen LogP) is 3.34. The van der Waals surface area contributed by atoms with Crippen molar-refractivity contribution in [1.82, 2.24) is 5.32 Å². The summed E-state index contributed by atoms with van der Waals surface area (Å²) in [6.45, 7) is 2.93. The van der Waals surface area contributed by atoms with Gasteiger partial charge in [-0.05, 0) is 42.3 Å². The van der Waals surface area contributed by atoms with Crippen LogP contribution in [0.25, 0.3) is 0 Å². The van der Waals surface area contributed by atoms with E-state index in [4.69, 9.17) is 14.2 Å². The van der Waals surface area contributed by atoms with Crippen molar-refractivity contribution < 1.29 is 19.0 Å². The molecule has 0 radical (unpaired) electrons. The third-order valence-electron chi connectivity index (χ3n) is 3.88. The Balaban J connectivity index is 2.21. The fraction of sp³-hybridized carbons (Fsp3) is 0.350.